The Kier molecular flexibility index (Phi) is 6.72. The van der Waals surface area contributed by atoms with E-state index in [1.807, 2.05) is 44.2 Å². The highest BCUT2D eigenvalue weighted by Gasteiger charge is 2.26. The van der Waals surface area contributed by atoms with Crippen molar-refractivity contribution in [2.24, 2.45) is 5.92 Å². The van der Waals surface area contributed by atoms with Gasteiger partial charge in [-0.15, -0.1) is 0 Å². The Morgan fingerprint density at radius 1 is 1.29 bits per heavy atom. The van der Waals surface area contributed by atoms with Gasteiger partial charge in [-0.25, -0.2) is 9.59 Å². The minimum Gasteiger partial charge on any atom is -0.480 e. The van der Waals surface area contributed by atoms with Gasteiger partial charge in [-0.1, -0.05) is 50.6 Å². The summed E-state index contributed by atoms with van der Waals surface area (Å²) in [4.78, 5) is 24.8. The van der Waals surface area contributed by atoms with Crippen LogP contribution in [0.4, 0.5) is 4.79 Å². The van der Waals surface area contributed by atoms with E-state index in [-0.39, 0.29) is 11.9 Å². The zero-order chi connectivity index (χ0) is 15.8. The number of carboxylic acids is 1. The van der Waals surface area contributed by atoms with Crippen molar-refractivity contribution < 1.29 is 14.7 Å². The van der Waals surface area contributed by atoms with Crippen molar-refractivity contribution in [2.75, 3.05) is 13.6 Å². The molecule has 5 heteroatoms. The van der Waals surface area contributed by atoms with Crippen LogP contribution < -0.4 is 5.32 Å². The number of benzene rings is 1. The zero-order valence-electron chi connectivity index (χ0n) is 12.9. The Balaban J connectivity index is 2.51. The van der Waals surface area contributed by atoms with Crippen molar-refractivity contribution in [3.8, 4) is 0 Å². The standard InChI is InChI=1S/C16H24N2O3/c1-4-12(2)14(15(19)20)17-16(21)18(3)11-10-13-8-6-5-7-9-13/h5-9,12,14H,4,10-11H2,1-3H3,(H,17,21)(H,19,20). The van der Waals surface area contributed by atoms with E-state index >= 15 is 0 Å². The Hall–Kier alpha value is -2.04. The van der Waals surface area contributed by atoms with Crippen LogP contribution in [-0.4, -0.2) is 41.6 Å². The van der Waals surface area contributed by atoms with E-state index < -0.39 is 12.0 Å². The van der Waals surface area contributed by atoms with Crippen LogP contribution in [0.25, 0.3) is 0 Å². The van der Waals surface area contributed by atoms with Gasteiger partial charge >= 0.3 is 12.0 Å². The Labute approximate surface area is 126 Å². The van der Waals surface area contributed by atoms with Crippen LogP contribution in [0.15, 0.2) is 30.3 Å². The number of carbonyl (C=O) groups excluding carboxylic acids is 1. The minimum atomic E-state index is -0.992. The predicted molar refractivity (Wildman–Crippen MR) is 82.2 cm³/mol. The largest absolute Gasteiger partial charge is 0.480 e. The summed E-state index contributed by atoms with van der Waals surface area (Å²) < 4.78 is 0. The summed E-state index contributed by atoms with van der Waals surface area (Å²) >= 11 is 0. The minimum absolute atomic E-state index is 0.103. The lowest BCUT2D eigenvalue weighted by Crippen LogP contribution is -2.49. The van der Waals surface area contributed by atoms with E-state index in [4.69, 9.17) is 0 Å². The van der Waals surface area contributed by atoms with Gasteiger partial charge in [0.15, 0.2) is 0 Å². The van der Waals surface area contributed by atoms with Gasteiger partial charge in [0.05, 0.1) is 0 Å². The molecule has 1 aromatic carbocycles. The lowest BCUT2D eigenvalue weighted by atomic mass is 9.99. The highest BCUT2D eigenvalue weighted by molar-refractivity contribution is 5.82. The predicted octanol–water partition coefficient (Wildman–Crippen LogP) is 2.37. The first-order valence-electron chi connectivity index (χ1n) is 7.24. The molecule has 2 amide bonds. The van der Waals surface area contributed by atoms with Crippen molar-refractivity contribution in [2.45, 2.75) is 32.7 Å². The summed E-state index contributed by atoms with van der Waals surface area (Å²) in [5.74, 6) is -1.09. The number of likely N-dealkylation sites (N-methyl/N-ethyl adjacent to an activating group) is 1. The van der Waals surface area contributed by atoms with Crippen molar-refractivity contribution in [1.29, 1.82) is 0 Å². The lowest BCUT2D eigenvalue weighted by Gasteiger charge is -2.24. The molecule has 2 atom stereocenters. The summed E-state index contributed by atoms with van der Waals surface area (Å²) in [5.41, 5.74) is 1.15. The highest BCUT2D eigenvalue weighted by Crippen LogP contribution is 2.08. The smallest absolute Gasteiger partial charge is 0.326 e. The lowest BCUT2D eigenvalue weighted by molar-refractivity contribution is -0.140. The van der Waals surface area contributed by atoms with Crippen LogP contribution in [0.5, 0.6) is 0 Å². The molecular formula is C16H24N2O3. The van der Waals surface area contributed by atoms with Crippen molar-refractivity contribution in [3.63, 3.8) is 0 Å². The SMILES string of the molecule is CCC(C)C(NC(=O)N(C)CCc1ccccc1)C(=O)O. The molecular weight excluding hydrogens is 268 g/mol. The summed E-state index contributed by atoms with van der Waals surface area (Å²) in [6.45, 7) is 4.28. The van der Waals surface area contributed by atoms with Crippen LogP contribution >= 0.6 is 0 Å². The average Bonchev–Trinajstić information content (AvgIpc) is 2.49. The third-order valence-corrected chi connectivity index (χ3v) is 3.68. The molecule has 2 unspecified atom stereocenters. The molecule has 1 rings (SSSR count). The van der Waals surface area contributed by atoms with Crippen LogP contribution in [0.2, 0.25) is 0 Å². The van der Waals surface area contributed by atoms with Crippen LogP contribution in [0.1, 0.15) is 25.8 Å². The fraction of sp³-hybridized carbons (Fsp3) is 0.500. The first kappa shape index (κ1) is 17.0. The van der Waals surface area contributed by atoms with Gasteiger partial charge in [0.25, 0.3) is 0 Å². The van der Waals surface area contributed by atoms with E-state index in [2.05, 4.69) is 5.32 Å². The second-order valence-corrected chi connectivity index (χ2v) is 5.31. The summed E-state index contributed by atoms with van der Waals surface area (Å²) in [5, 5.41) is 11.8. The molecule has 0 aliphatic carbocycles. The number of hydrogen-bond acceptors (Lipinski definition) is 2. The molecule has 116 valence electrons. The van der Waals surface area contributed by atoms with E-state index in [1.54, 1.807) is 7.05 Å². The Morgan fingerprint density at radius 2 is 1.90 bits per heavy atom. The maximum Gasteiger partial charge on any atom is 0.326 e. The third kappa shape index (κ3) is 5.45. The van der Waals surface area contributed by atoms with Crippen LogP contribution in [-0.2, 0) is 11.2 Å². The summed E-state index contributed by atoms with van der Waals surface area (Å²) in [6, 6.07) is 8.68. The third-order valence-electron chi connectivity index (χ3n) is 3.68. The van der Waals surface area contributed by atoms with E-state index in [1.165, 1.54) is 4.90 Å². The topological polar surface area (TPSA) is 69.6 Å². The monoisotopic (exact) mass is 292 g/mol. The first-order chi connectivity index (χ1) is 9.95. The molecule has 0 aromatic heterocycles. The molecule has 21 heavy (non-hydrogen) atoms. The fourth-order valence-corrected chi connectivity index (χ4v) is 1.97. The Morgan fingerprint density at radius 3 is 2.43 bits per heavy atom. The number of hydrogen-bond donors (Lipinski definition) is 2. The number of urea groups is 1. The molecule has 0 aliphatic rings. The van der Waals surface area contributed by atoms with Crippen molar-refractivity contribution in [1.82, 2.24) is 10.2 Å². The number of carboxylic acid groups (broad SMARTS) is 1. The summed E-state index contributed by atoms with van der Waals surface area (Å²) in [6.07, 6.45) is 1.44. The molecule has 0 saturated carbocycles. The van der Waals surface area contributed by atoms with Gasteiger partial charge < -0.3 is 15.3 Å². The molecule has 5 nitrogen and oxygen atoms in total. The van der Waals surface area contributed by atoms with Crippen molar-refractivity contribution >= 4 is 12.0 Å². The molecule has 0 saturated heterocycles. The molecule has 0 radical (unpaired) electrons. The number of amides is 2. The number of rotatable bonds is 7. The van der Waals surface area contributed by atoms with Crippen LogP contribution in [0.3, 0.4) is 0 Å². The quantitative estimate of drug-likeness (QED) is 0.810. The van der Waals surface area contributed by atoms with Gasteiger partial charge in [0, 0.05) is 13.6 Å². The second kappa shape index (κ2) is 8.29. The van der Waals surface area contributed by atoms with Gasteiger partial charge in [-0.3, -0.25) is 0 Å². The number of nitrogens with one attached hydrogen (secondary N) is 1. The molecule has 0 bridgehead atoms. The maximum absolute atomic E-state index is 12.1. The van der Waals surface area contributed by atoms with Crippen molar-refractivity contribution in [3.05, 3.63) is 35.9 Å². The Bertz CT molecular complexity index is 462. The number of aliphatic carboxylic acids is 1. The van der Waals surface area contributed by atoms with E-state index in [0.29, 0.717) is 13.0 Å². The van der Waals surface area contributed by atoms with Gasteiger partial charge in [-0.05, 0) is 17.9 Å². The molecule has 0 spiro atoms. The first-order valence-corrected chi connectivity index (χ1v) is 7.24. The van der Waals surface area contributed by atoms with Crippen LogP contribution in [0, 0.1) is 5.92 Å². The molecule has 0 heterocycles. The zero-order valence-corrected chi connectivity index (χ0v) is 12.9. The highest BCUT2D eigenvalue weighted by atomic mass is 16.4. The maximum atomic E-state index is 12.1. The fourth-order valence-electron chi connectivity index (χ4n) is 1.97. The normalized spacial score (nSPS) is 13.3. The molecule has 0 aliphatic heterocycles. The average molecular weight is 292 g/mol. The number of carbonyl (C=O) groups is 2. The molecule has 2 N–H and O–H groups in total. The van der Waals surface area contributed by atoms with Gasteiger partial charge in [0.2, 0.25) is 0 Å². The summed E-state index contributed by atoms with van der Waals surface area (Å²) in [7, 11) is 1.67. The molecule has 0 fully saturated rings. The van der Waals surface area contributed by atoms with Gasteiger partial charge in [-0.2, -0.15) is 0 Å². The van der Waals surface area contributed by atoms with E-state index in [9.17, 15) is 14.7 Å². The van der Waals surface area contributed by atoms with Gasteiger partial charge in [0.1, 0.15) is 6.04 Å². The molecule has 1 aromatic rings. The number of nitrogens with zero attached hydrogens (tertiary/aromatic N) is 1. The second-order valence-electron chi connectivity index (χ2n) is 5.31. The van der Waals surface area contributed by atoms with E-state index in [0.717, 1.165) is 12.0 Å².